The summed E-state index contributed by atoms with van der Waals surface area (Å²) in [4.78, 5) is 36.2. The Kier molecular flexibility index (Phi) is 7.55. The van der Waals surface area contributed by atoms with E-state index in [1.165, 1.54) is 7.11 Å². The molecule has 2 N–H and O–H groups in total. The minimum absolute atomic E-state index is 0.00435. The molecule has 0 saturated heterocycles. The minimum Gasteiger partial charge on any atom is -0.469 e. The van der Waals surface area contributed by atoms with Gasteiger partial charge in [0.05, 0.1) is 26.1 Å². The Morgan fingerprint density at radius 1 is 1.07 bits per heavy atom. The number of esters is 1. The third-order valence-corrected chi connectivity index (χ3v) is 4.53. The Morgan fingerprint density at radius 2 is 1.74 bits per heavy atom. The Balaban J connectivity index is 2.00. The SMILES string of the molecule is COC(=O)CC(NC(=O)CNC(=O)c1ccccc1C)c1ccc(Br)cc1. The fourth-order valence-corrected chi connectivity index (χ4v) is 2.79. The van der Waals surface area contributed by atoms with Gasteiger partial charge in [0, 0.05) is 10.0 Å². The number of hydrogen-bond donors (Lipinski definition) is 2. The maximum Gasteiger partial charge on any atom is 0.307 e. The Bertz CT molecular complexity index is 821. The summed E-state index contributed by atoms with van der Waals surface area (Å²) in [7, 11) is 1.30. The molecule has 6 nitrogen and oxygen atoms in total. The van der Waals surface area contributed by atoms with Crippen LogP contribution < -0.4 is 10.6 Å². The summed E-state index contributed by atoms with van der Waals surface area (Å²) in [6, 6.07) is 13.9. The lowest BCUT2D eigenvalue weighted by molar-refractivity contribution is -0.141. The van der Waals surface area contributed by atoms with E-state index < -0.39 is 17.9 Å². The summed E-state index contributed by atoms with van der Waals surface area (Å²) in [5, 5.41) is 5.37. The summed E-state index contributed by atoms with van der Waals surface area (Å²) in [5.74, 6) is -1.16. The van der Waals surface area contributed by atoms with Gasteiger partial charge in [-0.1, -0.05) is 46.3 Å². The zero-order valence-electron chi connectivity index (χ0n) is 15.1. The molecule has 0 radical (unpaired) electrons. The van der Waals surface area contributed by atoms with E-state index in [0.29, 0.717) is 5.56 Å². The molecule has 2 aromatic carbocycles. The van der Waals surface area contributed by atoms with Crippen molar-refractivity contribution in [3.05, 3.63) is 69.7 Å². The van der Waals surface area contributed by atoms with E-state index in [2.05, 4.69) is 26.6 Å². The number of nitrogens with one attached hydrogen (secondary N) is 2. The zero-order chi connectivity index (χ0) is 19.8. The quantitative estimate of drug-likeness (QED) is 0.658. The van der Waals surface area contributed by atoms with Gasteiger partial charge in [-0.2, -0.15) is 0 Å². The van der Waals surface area contributed by atoms with Crippen LogP contribution in [0.5, 0.6) is 0 Å². The summed E-state index contributed by atoms with van der Waals surface area (Å²) >= 11 is 3.35. The lowest BCUT2D eigenvalue weighted by Crippen LogP contribution is -2.39. The number of carbonyl (C=O) groups excluding carboxylic acids is 3. The Morgan fingerprint density at radius 3 is 2.37 bits per heavy atom. The van der Waals surface area contributed by atoms with Crippen molar-refractivity contribution in [1.29, 1.82) is 0 Å². The normalized spacial score (nSPS) is 11.4. The van der Waals surface area contributed by atoms with Gasteiger partial charge in [-0.15, -0.1) is 0 Å². The van der Waals surface area contributed by atoms with E-state index in [1.54, 1.807) is 12.1 Å². The minimum atomic E-state index is -0.548. The number of amides is 2. The standard InChI is InChI=1S/C20H21BrN2O4/c1-13-5-3-4-6-16(13)20(26)22-12-18(24)23-17(11-19(25)27-2)14-7-9-15(21)10-8-14/h3-10,17H,11-12H2,1-2H3,(H,22,26)(H,23,24). The molecule has 0 aromatic heterocycles. The second-order valence-electron chi connectivity index (χ2n) is 5.95. The molecule has 1 unspecified atom stereocenters. The molecule has 2 rings (SSSR count). The van der Waals surface area contributed by atoms with Crippen molar-refractivity contribution in [2.75, 3.05) is 13.7 Å². The van der Waals surface area contributed by atoms with Gasteiger partial charge in [0.15, 0.2) is 0 Å². The molecule has 0 aliphatic heterocycles. The molecule has 0 fully saturated rings. The first-order valence-corrected chi connectivity index (χ1v) is 9.15. The highest BCUT2D eigenvalue weighted by Gasteiger charge is 2.19. The Labute approximate surface area is 166 Å². The van der Waals surface area contributed by atoms with E-state index in [4.69, 9.17) is 4.74 Å². The fraction of sp³-hybridized carbons (Fsp3) is 0.250. The maximum absolute atomic E-state index is 12.3. The molecule has 0 saturated carbocycles. The molecule has 0 spiro atoms. The van der Waals surface area contributed by atoms with Crippen LogP contribution in [0, 0.1) is 6.92 Å². The van der Waals surface area contributed by atoms with E-state index in [1.807, 2.05) is 43.3 Å². The topological polar surface area (TPSA) is 84.5 Å². The van der Waals surface area contributed by atoms with Gasteiger partial charge in [0.1, 0.15) is 0 Å². The van der Waals surface area contributed by atoms with Gasteiger partial charge in [-0.05, 0) is 36.2 Å². The van der Waals surface area contributed by atoms with Crippen LogP contribution in [0.15, 0.2) is 53.0 Å². The molecular weight excluding hydrogens is 412 g/mol. The van der Waals surface area contributed by atoms with Gasteiger partial charge in [-0.3, -0.25) is 14.4 Å². The van der Waals surface area contributed by atoms with Crippen LogP contribution in [0.4, 0.5) is 0 Å². The third kappa shape index (κ3) is 6.21. The molecule has 2 amide bonds. The van der Waals surface area contributed by atoms with Gasteiger partial charge < -0.3 is 15.4 Å². The number of methoxy groups -OCH3 is 1. The van der Waals surface area contributed by atoms with Crippen molar-refractivity contribution < 1.29 is 19.1 Å². The van der Waals surface area contributed by atoms with Crippen molar-refractivity contribution in [3.8, 4) is 0 Å². The van der Waals surface area contributed by atoms with Gasteiger partial charge in [0.2, 0.25) is 5.91 Å². The summed E-state index contributed by atoms with van der Waals surface area (Å²) < 4.78 is 5.60. The first-order valence-electron chi connectivity index (χ1n) is 8.36. The summed E-state index contributed by atoms with van der Waals surface area (Å²) in [6.07, 6.45) is -0.00435. The van der Waals surface area contributed by atoms with Crippen LogP contribution in [0.1, 0.15) is 33.9 Å². The highest BCUT2D eigenvalue weighted by atomic mass is 79.9. The number of ether oxygens (including phenoxy) is 1. The maximum atomic E-state index is 12.3. The Hall–Kier alpha value is -2.67. The first kappa shape index (κ1) is 20.6. The van der Waals surface area contributed by atoms with Crippen LogP contribution in [0.2, 0.25) is 0 Å². The number of hydrogen-bond acceptors (Lipinski definition) is 4. The average Bonchev–Trinajstić information content (AvgIpc) is 2.66. The van der Waals surface area contributed by atoms with Crippen LogP contribution in [0.25, 0.3) is 0 Å². The third-order valence-electron chi connectivity index (χ3n) is 4.01. The fourth-order valence-electron chi connectivity index (χ4n) is 2.53. The summed E-state index contributed by atoms with van der Waals surface area (Å²) in [5.41, 5.74) is 2.11. The van der Waals surface area contributed by atoms with Crippen molar-refractivity contribution in [2.45, 2.75) is 19.4 Å². The van der Waals surface area contributed by atoms with Crippen molar-refractivity contribution in [3.63, 3.8) is 0 Å². The van der Waals surface area contributed by atoms with Crippen molar-refractivity contribution in [2.24, 2.45) is 0 Å². The highest BCUT2D eigenvalue weighted by molar-refractivity contribution is 9.10. The summed E-state index contributed by atoms with van der Waals surface area (Å²) in [6.45, 7) is 1.64. The number of rotatable bonds is 7. The number of carbonyl (C=O) groups is 3. The average molecular weight is 433 g/mol. The van der Waals surface area contributed by atoms with E-state index >= 15 is 0 Å². The molecular formula is C20H21BrN2O4. The molecule has 0 aliphatic carbocycles. The molecule has 27 heavy (non-hydrogen) atoms. The van der Waals surface area contributed by atoms with E-state index in [9.17, 15) is 14.4 Å². The molecule has 0 aliphatic rings. The van der Waals surface area contributed by atoms with Gasteiger partial charge in [0.25, 0.3) is 5.91 Å². The number of halogens is 1. The van der Waals surface area contributed by atoms with Gasteiger partial charge in [-0.25, -0.2) is 0 Å². The first-order chi connectivity index (χ1) is 12.9. The number of benzene rings is 2. The predicted octanol–water partition coefficient (Wildman–Crippen LogP) is 2.91. The molecule has 0 bridgehead atoms. The smallest absolute Gasteiger partial charge is 0.307 e. The lowest BCUT2D eigenvalue weighted by atomic mass is 10.0. The van der Waals surface area contributed by atoms with Crippen LogP contribution >= 0.6 is 15.9 Å². The van der Waals surface area contributed by atoms with Gasteiger partial charge >= 0.3 is 5.97 Å². The predicted molar refractivity (Wildman–Crippen MR) is 105 cm³/mol. The van der Waals surface area contributed by atoms with Crippen LogP contribution in [0.3, 0.4) is 0 Å². The monoisotopic (exact) mass is 432 g/mol. The van der Waals surface area contributed by atoms with Crippen molar-refractivity contribution in [1.82, 2.24) is 10.6 Å². The second kappa shape index (κ2) is 9.87. The van der Waals surface area contributed by atoms with E-state index in [0.717, 1.165) is 15.6 Å². The molecule has 0 heterocycles. The molecule has 2 aromatic rings. The highest BCUT2D eigenvalue weighted by Crippen LogP contribution is 2.20. The largest absolute Gasteiger partial charge is 0.469 e. The number of aryl methyl sites for hydroxylation is 1. The van der Waals surface area contributed by atoms with Crippen molar-refractivity contribution >= 4 is 33.7 Å². The lowest BCUT2D eigenvalue weighted by Gasteiger charge is -2.18. The second-order valence-corrected chi connectivity index (χ2v) is 6.87. The van der Waals surface area contributed by atoms with Crippen LogP contribution in [-0.2, 0) is 14.3 Å². The molecule has 7 heteroatoms. The zero-order valence-corrected chi connectivity index (χ0v) is 16.7. The van der Waals surface area contributed by atoms with E-state index in [-0.39, 0.29) is 18.9 Å². The molecule has 142 valence electrons. The molecule has 1 atom stereocenters. The van der Waals surface area contributed by atoms with Crippen LogP contribution in [-0.4, -0.2) is 31.4 Å².